The number of alkyl halides is 1. The number of hydrogen-bond donors (Lipinski definition) is 0. The Hall–Kier alpha value is -1.83. The van der Waals surface area contributed by atoms with E-state index in [0.717, 1.165) is 32.0 Å². The Morgan fingerprint density at radius 3 is 2.52 bits per heavy atom. The molecule has 21 heavy (non-hydrogen) atoms. The van der Waals surface area contributed by atoms with E-state index in [1.807, 2.05) is 30.3 Å². The fourth-order valence-electron chi connectivity index (χ4n) is 2.88. The van der Waals surface area contributed by atoms with Gasteiger partial charge in [0, 0.05) is 10.4 Å². The van der Waals surface area contributed by atoms with E-state index in [1.54, 1.807) is 12.2 Å². The van der Waals surface area contributed by atoms with Crippen molar-refractivity contribution in [3.63, 3.8) is 0 Å². The second-order valence-electron chi connectivity index (χ2n) is 5.22. The van der Waals surface area contributed by atoms with Crippen molar-refractivity contribution in [1.29, 1.82) is 0 Å². The van der Waals surface area contributed by atoms with Crippen LogP contribution in [0.2, 0.25) is 5.02 Å². The van der Waals surface area contributed by atoms with Crippen molar-refractivity contribution in [1.82, 2.24) is 0 Å². The molecule has 0 spiro atoms. The van der Waals surface area contributed by atoms with Gasteiger partial charge >= 0.3 is 0 Å². The van der Waals surface area contributed by atoms with Crippen LogP contribution in [0.1, 0.15) is 0 Å². The van der Waals surface area contributed by atoms with Crippen molar-refractivity contribution in [2.75, 3.05) is 0 Å². The maximum Gasteiger partial charge on any atom is 0.177 e. The summed E-state index contributed by atoms with van der Waals surface area (Å²) in [6, 6.07) is 14.1. The fraction of sp³-hybridized carbons (Fsp3) is 0.0556. The standard InChI is InChI=1S/C18H10Cl2O/c19-16-7-10-3-1-2-4-13(10)14-5-11-8-17(20)18(21)9-12(11)6-15(14)16/h1-9,17H. The molecule has 3 heteroatoms. The molecule has 0 radical (unpaired) electrons. The molecule has 102 valence electrons. The van der Waals surface area contributed by atoms with Gasteiger partial charge in [-0.1, -0.05) is 41.9 Å². The van der Waals surface area contributed by atoms with Crippen LogP contribution in [0.4, 0.5) is 0 Å². The number of halogens is 2. The Balaban J connectivity index is 2.25. The summed E-state index contributed by atoms with van der Waals surface area (Å²) in [5, 5.41) is 6.26. The zero-order chi connectivity index (χ0) is 14.6. The molecule has 3 aromatic rings. The number of ketones is 1. The quantitative estimate of drug-likeness (QED) is 0.459. The first-order valence-electron chi connectivity index (χ1n) is 6.66. The van der Waals surface area contributed by atoms with E-state index in [0.29, 0.717) is 5.02 Å². The fourth-order valence-corrected chi connectivity index (χ4v) is 3.35. The first-order chi connectivity index (χ1) is 10.1. The van der Waals surface area contributed by atoms with Crippen molar-refractivity contribution >= 4 is 62.7 Å². The molecule has 0 aromatic heterocycles. The van der Waals surface area contributed by atoms with Crippen LogP contribution in [0.5, 0.6) is 0 Å². The smallest absolute Gasteiger partial charge is 0.177 e. The highest BCUT2D eigenvalue weighted by Gasteiger charge is 2.14. The molecule has 1 atom stereocenters. The minimum absolute atomic E-state index is 0.0829. The number of hydrogen-bond acceptors (Lipinski definition) is 1. The number of rotatable bonds is 0. The topological polar surface area (TPSA) is 17.1 Å². The van der Waals surface area contributed by atoms with Crippen molar-refractivity contribution in [3.05, 3.63) is 57.9 Å². The van der Waals surface area contributed by atoms with Gasteiger partial charge in [0.05, 0.1) is 0 Å². The van der Waals surface area contributed by atoms with E-state index in [-0.39, 0.29) is 5.78 Å². The van der Waals surface area contributed by atoms with Gasteiger partial charge in [0.2, 0.25) is 0 Å². The van der Waals surface area contributed by atoms with E-state index in [9.17, 15) is 4.79 Å². The summed E-state index contributed by atoms with van der Waals surface area (Å²) in [5.41, 5.74) is 0. The lowest BCUT2D eigenvalue weighted by molar-refractivity contribution is -0.112. The lowest BCUT2D eigenvalue weighted by Crippen LogP contribution is -2.33. The molecular weight excluding hydrogens is 303 g/mol. The van der Waals surface area contributed by atoms with Gasteiger partial charge in [0.1, 0.15) is 5.38 Å². The third kappa shape index (κ3) is 1.97. The predicted molar refractivity (Wildman–Crippen MR) is 89.3 cm³/mol. The van der Waals surface area contributed by atoms with E-state index in [1.165, 1.54) is 0 Å². The van der Waals surface area contributed by atoms with Crippen LogP contribution >= 0.6 is 23.2 Å². The molecule has 3 aromatic carbocycles. The molecule has 1 unspecified atom stereocenters. The van der Waals surface area contributed by atoms with Gasteiger partial charge in [0.15, 0.2) is 5.78 Å². The summed E-state index contributed by atoms with van der Waals surface area (Å²) in [6.45, 7) is 0. The first-order valence-corrected chi connectivity index (χ1v) is 7.47. The third-order valence-electron chi connectivity index (χ3n) is 3.91. The molecule has 0 amide bonds. The zero-order valence-electron chi connectivity index (χ0n) is 10.9. The number of Topliss-reactive ketones (excluding diaryl/α,β-unsaturated/α-hetero) is 1. The molecule has 0 aliphatic heterocycles. The Labute approximate surface area is 131 Å². The van der Waals surface area contributed by atoms with Crippen molar-refractivity contribution in [2.24, 2.45) is 0 Å². The Morgan fingerprint density at radius 2 is 1.67 bits per heavy atom. The van der Waals surface area contributed by atoms with E-state index >= 15 is 0 Å². The molecule has 0 N–H and O–H groups in total. The largest absolute Gasteiger partial charge is 0.293 e. The van der Waals surface area contributed by atoms with Crippen LogP contribution in [0, 0.1) is 0 Å². The molecule has 0 saturated heterocycles. The third-order valence-corrected chi connectivity index (χ3v) is 4.56. The Morgan fingerprint density at radius 1 is 0.905 bits per heavy atom. The molecule has 0 heterocycles. The summed E-state index contributed by atoms with van der Waals surface area (Å²) in [6.07, 6.45) is 3.40. The summed E-state index contributed by atoms with van der Waals surface area (Å²) in [4.78, 5) is 11.7. The van der Waals surface area contributed by atoms with Crippen LogP contribution in [-0.2, 0) is 4.79 Å². The number of carbonyl (C=O) groups excluding carboxylic acids is 1. The highest BCUT2D eigenvalue weighted by atomic mass is 35.5. The van der Waals surface area contributed by atoms with Gasteiger partial charge in [-0.3, -0.25) is 4.79 Å². The summed E-state index contributed by atoms with van der Waals surface area (Å²) in [5.74, 6) is -0.0829. The van der Waals surface area contributed by atoms with Gasteiger partial charge in [-0.15, -0.1) is 11.6 Å². The van der Waals surface area contributed by atoms with Crippen molar-refractivity contribution in [2.45, 2.75) is 5.38 Å². The van der Waals surface area contributed by atoms with Gasteiger partial charge in [0.25, 0.3) is 0 Å². The molecular formula is C18H10Cl2O. The van der Waals surface area contributed by atoms with Gasteiger partial charge in [-0.05, 0) is 50.9 Å². The van der Waals surface area contributed by atoms with E-state index in [4.69, 9.17) is 23.2 Å². The predicted octanol–water partition coefficient (Wildman–Crippen LogP) is 3.40. The number of carbonyl (C=O) groups is 1. The minimum atomic E-state index is -0.583. The zero-order valence-corrected chi connectivity index (χ0v) is 12.4. The average Bonchev–Trinajstić information content (AvgIpc) is 2.47. The Kier molecular flexibility index (Phi) is 2.81. The van der Waals surface area contributed by atoms with Gasteiger partial charge in [-0.25, -0.2) is 0 Å². The second kappa shape index (κ2) is 4.59. The normalized spacial score (nSPS) is 17.4. The second-order valence-corrected chi connectivity index (χ2v) is 6.10. The lowest BCUT2D eigenvalue weighted by atomic mass is 9.97. The van der Waals surface area contributed by atoms with Crippen LogP contribution < -0.4 is 10.4 Å². The van der Waals surface area contributed by atoms with Crippen LogP contribution in [-0.4, -0.2) is 11.2 Å². The maximum absolute atomic E-state index is 11.7. The lowest BCUT2D eigenvalue weighted by Gasteiger charge is -2.10. The molecule has 1 nitrogen and oxygen atoms in total. The minimum Gasteiger partial charge on any atom is -0.293 e. The maximum atomic E-state index is 11.7. The van der Waals surface area contributed by atoms with Crippen LogP contribution in [0.25, 0.3) is 33.7 Å². The first kappa shape index (κ1) is 12.9. The van der Waals surface area contributed by atoms with Gasteiger partial charge in [-0.2, -0.15) is 0 Å². The molecule has 4 rings (SSSR count). The molecule has 0 saturated carbocycles. The van der Waals surface area contributed by atoms with Crippen LogP contribution in [0.15, 0.2) is 42.5 Å². The number of benzene rings is 3. The molecule has 0 bridgehead atoms. The van der Waals surface area contributed by atoms with Crippen LogP contribution in [0.3, 0.4) is 0 Å². The van der Waals surface area contributed by atoms with Crippen molar-refractivity contribution < 1.29 is 4.79 Å². The molecule has 0 fully saturated rings. The van der Waals surface area contributed by atoms with E-state index in [2.05, 4.69) is 12.1 Å². The summed E-state index contributed by atoms with van der Waals surface area (Å²) >= 11 is 12.4. The Bertz CT molecular complexity index is 1030. The van der Waals surface area contributed by atoms with Gasteiger partial charge < -0.3 is 0 Å². The average molecular weight is 313 g/mol. The molecule has 1 aliphatic rings. The summed E-state index contributed by atoms with van der Waals surface area (Å²) in [7, 11) is 0. The molecule has 1 aliphatic carbocycles. The monoisotopic (exact) mass is 312 g/mol. The number of fused-ring (bicyclic) bond motifs is 4. The highest BCUT2D eigenvalue weighted by molar-refractivity contribution is 6.41. The van der Waals surface area contributed by atoms with Crippen molar-refractivity contribution in [3.8, 4) is 0 Å². The summed E-state index contributed by atoms with van der Waals surface area (Å²) < 4.78 is 0. The SMILES string of the molecule is O=C1C=c2cc3c(Cl)cc4ccccc4c3cc2=CC1Cl. The highest BCUT2D eigenvalue weighted by Crippen LogP contribution is 2.30. The van der Waals surface area contributed by atoms with E-state index < -0.39 is 5.38 Å².